The number of hydrogen-bond donors (Lipinski definition) is 2. The van der Waals surface area contributed by atoms with Crippen LogP contribution in [0.1, 0.15) is 12.0 Å². The number of rotatable bonds is 5. The first-order chi connectivity index (χ1) is 13.7. The predicted octanol–water partition coefficient (Wildman–Crippen LogP) is 2.96. The van der Waals surface area contributed by atoms with E-state index >= 15 is 0 Å². The summed E-state index contributed by atoms with van der Waals surface area (Å²) >= 11 is 1.44. The fraction of sp³-hybridized carbons (Fsp3) is 0.333. The van der Waals surface area contributed by atoms with Gasteiger partial charge in [-0.25, -0.2) is 0 Å². The smallest absolute Gasteiger partial charge is 0.238 e. The van der Waals surface area contributed by atoms with E-state index in [9.17, 15) is 9.59 Å². The van der Waals surface area contributed by atoms with Gasteiger partial charge in [0.2, 0.25) is 11.8 Å². The molecule has 1 saturated heterocycles. The number of carbonyl (C=O) groups excluding carboxylic acids is 2. The maximum absolute atomic E-state index is 12.4. The van der Waals surface area contributed by atoms with Crippen LogP contribution in [0, 0.1) is 0 Å². The molecule has 28 heavy (non-hydrogen) atoms. The highest BCUT2D eigenvalue weighted by Crippen LogP contribution is 2.36. The van der Waals surface area contributed by atoms with Crippen LogP contribution in [0.4, 0.5) is 11.4 Å². The fourth-order valence-corrected chi connectivity index (χ4v) is 4.43. The highest BCUT2D eigenvalue weighted by molar-refractivity contribution is 8.01. The summed E-state index contributed by atoms with van der Waals surface area (Å²) in [6.07, 6.45) is 0.139. The molecule has 2 N–H and O–H groups in total. The van der Waals surface area contributed by atoms with Gasteiger partial charge < -0.3 is 15.4 Å². The largest absolute Gasteiger partial charge is 0.379 e. The zero-order valence-corrected chi connectivity index (χ0v) is 16.3. The van der Waals surface area contributed by atoms with Gasteiger partial charge in [0.15, 0.2) is 0 Å². The Morgan fingerprint density at radius 2 is 1.89 bits per heavy atom. The number of anilines is 2. The minimum atomic E-state index is -0.421. The lowest BCUT2D eigenvalue weighted by molar-refractivity contribution is -0.120. The van der Waals surface area contributed by atoms with Gasteiger partial charge in [-0.1, -0.05) is 24.3 Å². The maximum Gasteiger partial charge on any atom is 0.238 e. The summed E-state index contributed by atoms with van der Waals surface area (Å²) in [5, 5.41) is 5.35. The molecule has 0 saturated carbocycles. The third kappa shape index (κ3) is 4.73. The number of para-hydroxylation sites is 1. The first kappa shape index (κ1) is 19.0. The van der Waals surface area contributed by atoms with Crippen molar-refractivity contribution in [1.82, 2.24) is 4.90 Å². The molecule has 2 aromatic carbocycles. The summed E-state index contributed by atoms with van der Waals surface area (Å²) in [4.78, 5) is 28.0. The SMILES string of the molecule is O=C(C[C@@H]1Sc2ccccc2NC1=O)Nc1ccc(CN2CCOCC2)cc1. The first-order valence-corrected chi connectivity index (χ1v) is 10.3. The number of amides is 2. The van der Waals surface area contributed by atoms with Crippen molar-refractivity contribution in [2.45, 2.75) is 23.1 Å². The van der Waals surface area contributed by atoms with Crippen molar-refractivity contribution in [2.75, 3.05) is 36.9 Å². The average molecular weight is 398 g/mol. The molecule has 2 aliphatic heterocycles. The van der Waals surface area contributed by atoms with E-state index in [2.05, 4.69) is 15.5 Å². The minimum Gasteiger partial charge on any atom is -0.379 e. The molecule has 0 aliphatic carbocycles. The molecule has 146 valence electrons. The van der Waals surface area contributed by atoms with Gasteiger partial charge in [0.25, 0.3) is 0 Å². The van der Waals surface area contributed by atoms with Gasteiger partial charge in [0, 0.05) is 36.6 Å². The highest BCUT2D eigenvalue weighted by Gasteiger charge is 2.28. The normalized spacial score (nSPS) is 19.6. The molecule has 2 aromatic rings. The number of nitrogens with one attached hydrogen (secondary N) is 2. The van der Waals surface area contributed by atoms with Gasteiger partial charge in [0.05, 0.1) is 24.2 Å². The molecule has 2 heterocycles. The molecule has 0 spiro atoms. The van der Waals surface area contributed by atoms with Crippen LogP contribution < -0.4 is 10.6 Å². The Kier molecular flexibility index (Phi) is 5.95. The van der Waals surface area contributed by atoms with E-state index < -0.39 is 5.25 Å². The lowest BCUT2D eigenvalue weighted by atomic mass is 10.1. The molecule has 2 amide bonds. The second-order valence-corrected chi connectivity index (χ2v) is 8.17. The van der Waals surface area contributed by atoms with Gasteiger partial charge in [-0.2, -0.15) is 0 Å². The van der Waals surface area contributed by atoms with Crippen LogP contribution in [-0.2, 0) is 20.9 Å². The van der Waals surface area contributed by atoms with Crippen molar-refractivity contribution in [1.29, 1.82) is 0 Å². The zero-order chi connectivity index (χ0) is 19.3. The molecule has 0 unspecified atom stereocenters. The van der Waals surface area contributed by atoms with Crippen LogP contribution in [0.5, 0.6) is 0 Å². The molecule has 1 fully saturated rings. The number of thioether (sulfide) groups is 1. The van der Waals surface area contributed by atoms with E-state index in [0.29, 0.717) is 0 Å². The molecule has 7 heteroatoms. The Morgan fingerprint density at radius 3 is 2.68 bits per heavy atom. The van der Waals surface area contributed by atoms with Crippen LogP contribution in [0.2, 0.25) is 0 Å². The van der Waals surface area contributed by atoms with E-state index in [0.717, 1.165) is 49.1 Å². The summed E-state index contributed by atoms with van der Waals surface area (Å²) in [6.45, 7) is 4.35. The number of ether oxygens (including phenoxy) is 1. The standard InChI is InChI=1S/C21H23N3O3S/c25-20(13-19-21(26)23-17-3-1-2-4-18(17)28-19)22-16-7-5-15(6-8-16)14-24-9-11-27-12-10-24/h1-8,19H,9-14H2,(H,22,25)(H,23,26)/t19-/m0/s1. The molecule has 0 radical (unpaired) electrons. The monoisotopic (exact) mass is 397 g/mol. The van der Waals surface area contributed by atoms with Crippen molar-refractivity contribution < 1.29 is 14.3 Å². The van der Waals surface area contributed by atoms with E-state index in [-0.39, 0.29) is 18.2 Å². The predicted molar refractivity (Wildman–Crippen MR) is 111 cm³/mol. The van der Waals surface area contributed by atoms with Gasteiger partial charge in [-0.3, -0.25) is 14.5 Å². The number of hydrogen-bond acceptors (Lipinski definition) is 5. The molecular formula is C21H23N3O3S. The number of carbonyl (C=O) groups is 2. The number of fused-ring (bicyclic) bond motifs is 1. The van der Waals surface area contributed by atoms with Crippen LogP contribution in [-0.4, -0.2) is 48.3 Å². The van der Waals surface area contributed by atoms with Crippen LogP contribution in [0.3, 0.4) is 0 Å². The van der Waals surface area contributed by atoms with Gasteiger partial charge >= 0.3 is 0 Å². The van der Waals surface area contributed by atoms with Gasteiger partial charge in [-0.15, -0.1) is 11.8 Å². The van der Waals surface area contributed by atoms with Crippen molar-refractivity contribution in [3.05, 3.63) is 54.1 Å². The number of morpholine rings is 1. The Bertz CT molecular complexity index is 850. The third-order valence-electron chi connectivity index (χ3n) is 4.82. The molecular weight excluding hydrogens is 374 g/mol. The number of benzene rings is 2. The van der Waals surface area contributed by atoms with Crippen LogP contribution >= 0.6 is 11.8 Å². The summed E-state index contributed by atoms with van der Waals surface area (Å²) in [5.41, 5.74) is 2.76. The summed E-state index contributed by atoms with van der Waals surface area (Å²) in [6, 6.07) is 15.5. The Balaban J connectivity index is 1.30. The minimum absolute atomic E-state index is 0.125. The zero-order valence-electron chi connectivity index (χ0n) is 15.5. The molecule has 6 nitrogen and oxygen atoms in total. The first-order valence-electron chi connectivity index (χ1n) is 9.43. The molecule has 0 bridgehead atoms. The van der Waals surface area contributed by atoms with Crippen molar-refractivity contribution in [2.24, 2.45) is 0 Å². The van der Waals surface area contributed by atoms with E-state index in [1.54, 1.807) is 0 Å². The van der Waals surface area contributed by atoms with Crippen molar-refractivity contribution >= 4 is 35.0 Å². The fourth-order valence-electron chi connectivity index (χ4n) is 3.32. The summed E-state index contributed by atoms with van der Waals surface area (Å²) < 4.78 is 5.37. The van der Waals surface area contributed by atoms with E-state index in [1.165, 1.54) is 17.3 Å². The van der Waals surface area contributed by atoms with Gasteiger partial charge in [0.1, 0.15) is 0 Å². The Hall–Kier alpha value is -2.35. The summed E-state index contributed by atoms with van der Waals surface area (Å²) in [5.74, 6) is -0.285. The number of nitrogens with zero attached hydrogens (tertiary/aromatic N) is 1. The van der Waals surface area contributed by atoms with E-state index in [1.807, 2.05) is 48.5 Å². The van der Waals surface area contributed by atoms with Crippen molar-refractivity contribution in [3.63, 3.8) is 0 Å². The maximum atomic E-state index is 12.4. The highest BCUT2D eigenvalue weighted by atomic mass is 32.2. The quantitative estimate of drug-likeness (QED) is 0.812. The summed E-state index contributed by atoms with van der Waals surface area (Å²) in [7, 11) is 0. The second kappa shape index (κ2) is 8.77. The third-order valence-corrected chi connectivity index (χ3v) is 6.10. The lowest BCUT2D eigenvalue weighted by Crippen LogP contribution is -2.35. The molecule has 0 aromatic heterocycles. The Morgan fingerprint density at radius 1 is 1.14 bits per heavy atom. The van der Waals surface area contributed by atoms with Crippen LogP contribution in [0.15, 0.2) is 53.4 Å². The van der Waals surface area contributed by atoms with Crippen LogP contribution in [0.25, 0.3) is 0 Å². The average Bonchev–Trinajstić information content (AvgIpc) is 2.71. The molecule has 1 atom stereocenters. The lowest BCUT2D eigenvalue weighted by Gasteiger charge is -2.26. The second-order valence-electron chi connectivity index (χ2n) is 6.93. The van der Waals surface area contributed by atoms with E-state index in [4.69, 9.17) is 4.74 Å². The molecule has 2 aliphatic rings. The Labute approximate surface area is 168 Å². The van der Waals surface area contributed by atoms with Gasteiger partial charge in [-0.05, 0) is 29.8 Å². The van der Waals surface area contributed by atoms with Crippen molar-refractivity contribution in [3.8, 4) is 0 Å². The molecule has 4 rings (SSSR count). The topological polar surface area (TPSA) is 70.7 Å².